The van der Waals surface area contributed by atoms with Gasteiger partial charge in [0.1, 0.15) is 0 Å². The molecule has 2 unspecified atom stereocenters. The molecule has 0 spiro atoms. The van der Waals surface area contributed by atoms with Crippen LogP contribution in [0, 0.1) is 0 Å². The van der Waals surface area contributed by atoms with Gasteiger partial charge < -0.3 is 14.2 Å². The number of hydrogen-bond donors (Lipinski definition) is 0. The Bertz CT molecular complexity index is 777. The highest BCUT2D eigenvalue weighted by molar-refractivity contribution is 5.48. The van der Waals surface area contributed by atoms with Gasteiger partial charge in [0.05, 0.1) is 18.9 Å². The summed E-state index contributed by atoms with van der Waals surface area (Å²) in [6, 6.07) is 6.39. The molecule has 1 aliphatic rings. The molecule has 0 saturated carbocycles. The van der Waals surface area contributed by atoms with Crippen LogP contribution in [0.1, 0.15) is 41.1 Å². The number of ether oxygens (including phenoxy) is 1. The molecule has 1 aromatic heterocycles. The third-order valence-corrected chi connectivity index (χ3v) is 4.85. The molecule has 0 radical (unpaired) electrons. The minimum atomic E-state index is -4.23. The highest BCUT2D eigenvalue weighted by Crippen LogP contribution is 2.35. The number of alkyl halides is 3. The average Bonchev–Trinajstić information content (AvgIpc) is 3.14. The zero-order valence-corrected chi connectivity index (χ0v) is 15.5. The van der Waals surface area contributed by atoms with Crippen molar-refractivity contribution in [2.45, 2.75) is 37.3 Å². The largest absolute Gasteiger partial charge is 0.393 e. The zero-order valence-electron chi connectivity index (χ0n) is 15.5. The summed E-state index contributed by atoms with van der Waals surface area (Å²) >= 11 is 0. The number of piperidine rings is 1. The second-order valence-electron chi connectivity index (χ2n) is 7.01. The Morgan fingerprint density at radius 3 is 2.61 bits per heavy atom. The van der Waals surface area contributed by atoms with Gasteiger partial charge >= 0.3 is 6.18 Å². The topological polar surface area (TPSA) is 68.5 Å². The minimum absolute atomic E-state index is 0.0155. The molecule has 0 N–H and O–H groups in total. The fourth-order valence-corrected chi connectivity index (χ4v) is 3.51. The lowest BCUT2D eigenvalue weighted by Gasteiger charge is -2.34. The van der Waals surface area contributed by atoms with Gasteiger partial charge in [-0.2, -0.15) is 18.2 Å². The number of benzene rings is 1. The van der Waals surface area contributed by atoms with Gasteiger partial charge in [-0.3, -0.25) is 4.79 Å². The standard InChI is InChI=1S/C19H22F3N3O3/c1-27-7-6-17-23-18(28-24-17)16-8-15(10-25(11-16)12-26)14-4-2-13(3-5-14)9-19(20,21)22/h2-5,12,15-16H,6-11H2,1H3. The van der Waals surface area contributed by atoms with Gasteiger partial charge in [-0.1, -0.05) is 29.4 Å². The molecule has 1 saturated heterocycles. The van der Waals surface area contributed by atoms with Gasteiger partial charge in [0.2, 0.25) is 12.3 Å². The Morgan fingerprint density at radius 2 is 1.96 bits per heavy atom. The van der Waals surface area contributed by atoms with Crippen molar-refractivity contribution in [3.8, 4) is 0 Å². The van der Waals surface area contributed by atoms with Gasteiger partial charge in [0.15, 0.2) is 5.82 Å². The van der Waals surface area contributed by atoms with E-state index in [4.69, 9.17) is 9.26 Å². The third kappa shape index (κ3) is 5.31. The summed E-state index contributed by atoms with van der Waals surface area (Å²) in [5, 5.41) is 3.94. The molecular formula is C19H22F3N3O3. The van der Waals surface area contributed by atoms with E-state index in [1.807, 2.05) is 0 Å². The number of aromatic nitrogens is 2. The van der Waals surface area contributed by atoms with Crippen molar-refractivity contribution < 1.29 is 27.2 Å². The summed E-state index contributed by atoms with van der Waals surface area (Å²) in [7, 11) is 1.59. The summed E-state index contributed by atoms with van der Waals surface area (Å²) in [4.78, 5) is 17.4. The third-order valence-electron chi connectivity index (χ3n) is 4.85. The molecule has 9 heteroatoms. The second kappa shape index (κ2) is 8.72. The summed E-state index contributed by atoms with van der Waals surface area (Å²) in [5.41, 5.74) is 1.11. The fourth-order valence-electron chi connectivity index (χ4n) is 3.51. The molecule has 1 aliphatic heterocycles. The zero-order chi connectivity index (χ0) is 20.1. The van der Waals surface area contributed by atoms with Gasteiger partial charge in [0.25, 0.3) is 0 Å². The lowest BCUT2D eigenvalue weighted by molar-refractivity contribution is -0.127. The van der Waals surface area contributed by atoms with E-state index in [1.54, 1.807) is 24.1 Å². The number of carbonyl (C=O) groups excluding carboxylic acids is 1. The van der Waals surface area contributed by atoms with Crippen molar-refractivity contribution in [1.29, 1.82) is 0 Å². The molecule has 152 valence electrons. The first kappa shape index (κ1) is 20.3. The highest BCUT2D eigenvalue weighted by atomic mass is 19.4. The van der Waals surface area contributed by atoms with Gasteiger partial charge in [-0.05, 0) is 17.5 Å². The van der Waals surface area contributed by atoms with E-state index in [1.165, 1.54) is 12.1 Å². The molecule has 3 rings (SSSR count). The van der Waals surface area contributed by atoms with E-state index in [-0.39, 0.29) is 17.4 Å². The Hall–Kier alpha value is -2.42. The molecular weight excluding hydrogens is 375 g/mol. The van der Waals surface area contributed by atoms with Crippen LogP contribution in [0.3, 0.4) is 0 Å². The van der Waals surface area contributed by atoms with E-state index in [0.29, 0.717) is 44.3 Å². The van der Waals surface area contributed by atoms with E-state index in [2.05, 4.69) is 10.1 Å². The van der Waals surface area contributed by atoms with Crippen molar-refractivity contribution in [3.63, 3.8) is 0 Å². The number of methoxy groups -OCH3 is 1. The number of carbonyl (C=O) groups is 1. The normalized spacial score (nSPS) is 20.4. The first-order chi connectivity index (χ1) is 13.4. The van der Waals surface area contributed by atoms with Crippen molar-refractivity contribution in [1.82, 2.24) is 15.0 Å². The van der Waals surface area contributed by atoms with Crippen LogP contribution in [0.15, 0.2) is 28.8 Å². The van der Waals surface area contributed by atoms with E-state index >= 15 is 0 Å². The van der Waals surface area contributed by atoms with Crippen LogP contribution in [0.5, 0.6) is 0 Å². The summed E-state index contributed by atoms with van der Waals surface area (Å²) in [5.74, 6) is 0.880. The molecule has 0 aliphatic carbocycles. The number of likely N-dealkylation sites (tertiary alicyclic amines) is 1. The first-order valence-electron chi connectivity index (χ1n) is 9.04. The van der Waals surface area contributed by atoms with E-state index < -0.39 is 12.6 Å². The van der Waals surface area contributed by atoms with Crippen LogP contribution in [-0.4, -0.2) is 54.4 Å². The minimum Gasteiger partial charge on any atom is -0.384 e. The summed E-state index contributed by atoms with van der Waals surface area (Å²) in [6.45, 7) is 1.46. The SMILES string of the molecule is COCCc1noc(C2CC(c3ccc(CC(F)(F)F)cc3)CN(C=O)C2)n1. The van der Waals surface area contributed by atoms with E-state index in [9.17, 15) is 18.0 Å². The molecule has 2 aromatic rings. The maximum atomic E-state index is 12.5. The van der Waals surface area contributed by atoms with Crippen molar-refractivity contribution in [2.24, 2.45) is 0 Å². The van der Waals surface area contributed by atoms with Crippen LogP contribution >= 0.6 is 0 Å². The highest BCUT2D eigenvalue weighted by Gasteiger charge is 2.32. The summed E-state index contributed by atoms with van der Waals surface area (Å²) < 4.78 is 48.0. The number of hydrogen-bond acceptors (Lipinski definition) is 5. The number of nitrogens with zero attached hydrogens (tertiary/aromatic N) is 3. The van der Waals surface area contributed by atoms with Crippen LogP contribution in [0.4, 0.5) is 13.2 Å². The van der Waals surface area contributed by atoms with E-state index in [0.717, 1.165) is 12.0 Å². The molecule has 1 aromatic carbocycles. The van der Waals surface area contributed by atoms with Crippen LogP contribution in [-0.2, 0) is 22.4 Å². The lowest BCUT2D eigenvalue weighted by atomic mass is 9.84. The number of amides is 1. The molecule has 2 atom stereocenters. The quantitative estimate of drug-likeness (QED) is 0.672. The fraction of sp³-hybridized carbons (Fsp3) is 0.526. The predicted octanol–water partition coefficient (Wildman–Crippen LogP) is 3.09. The molecule has 6 nitrogen and oxygen atoms in total. The average molecular weight is 397 g/mol. The maximum Gasteiger partial charge on any atom is 0.393 e. The number of halogens is 3. The lowest BCUT2D eigenvalue weighted by Crippen LogP contribution is -2.37. The molecule has 1 amide bonds. The van der Waals surface area contributed by atoms with Crippen molar-refractivity contribution in [2.75, 3.05) is 26.8 Å². The van der Waals surface area contributed by atoms with Crippen molar-refractivity contribution >= 4 is 6.41 Å². The predicted molar refractivity (Wildman–Crippen MR) is 93.8 cm³/mol. The Morgan fingerprint density at radius 1 is 1.25 bits per heavy atom. The van der Waals surface area contributed by atoms with Gasteiger partial charge in [0, 0.05) is 32.5 Å². The molecule has 0 bridgehead atoms. The number of rotatable bonds is 7. The molecule has 1 fully saturated rings. The Kier molecular flexibility index (Phi) is 6.33. The van der Waals surface area contributed by atoms with Crippen LogP contribution in [0.25, 0.3) is 0 Å². The molecule has 2 heterocycles. The van der Waals surface area contributed by atoms with Gasteiger partial charge in [-0.25, -0.2) is 0 Å². The monoisotopic (exact) mass is 397 g/mol. The smallest absolute Gasteiger partial charge is 0.384 e. The summed E-state index contributed by atoms with van der Waals surface area (Å²) in [6.07, 6.45) is -3.19. The Balaban J connectivity index is 1.72. The van der Waals surface area contributed by atoms with Crippen LogP contribution < -0.4 is 0 Å². The molecule has 28 heavy (non-hydrogen) atoms. The van der Waals surface area contributed by atoms with Crippen LogP contribution in [0.2, 0.25) is 0 Å². The van der Waals surface area contributed by atoms with Crippen molar-refractivity contribution in [3.05, 3.63) is 47.1 Å². The van der Waals surface area contributed by atoms with Gasteiger partial charge in [-0.15, -0.1) is 0 Å². The Labute approximate surface area is 160 Å². The second-order valence-corrected chi connectivity index (χ2v) is 7.01. The maximum absolute atomic E-state index is 12.5. The first-order valence-corrected chi connectivity index (χ1v) is 9.04.